The molecule has 4 nitrogen and oxygen atoms in total. The first-order valence-corrected chi connectivity index (χ1v) is 19.6. The van der Waals surface area contributed by atoms with E-state index in [4.69, 9.17) is 15.6 Å². The largest absolute Gasteiger partial charge is 0.421 e. The number of ether oxygens (including phenoxy) is 1. The van der Waals surface area contributed by atoms with Crippen molar-refractivity contribution in [3.05, 3.63) is 186 Å². The van der Waals surface area contributed by atoms with E-state index >= 15 is 0 Å². The SMILES string of the molecule is CC(C)Cc1ccc2c(c1)c1cc(CC(C)C)ccc1n2-c1ccc(-c2ccccc2-c2ccccc2-c2ccc(C(=N)OC(=N)c3ccccc3)cc2)cc1. The number of benzene rings is 7. The van der Waals surface area contributed by atoms with Gasteiger partial charge in [-0.25, -0.2) is 0 Å². The van der Waals surface area contributed by atoms with Crippen molar-refractivity contribution < 1.29 is 4.74 Å². The van der Waals surface area contributed by atoms with E-state index in [0.717, 1.165) is 51.9 Å². The van der Waals surface area contributed by atoms with Crippen molar-refractivity contribution in [2.75, 3.05) is 0 Å². The summed E-state index contributed by atoms with van der Waals surface area (Å²) in [6, 6.07) is 57.2. The van der Waals surface area contributed by atoms with Crippen LogP contribution in [0.3, 0.4) is 0 Å². The average molecular weight is 730 g/mol. The Bertz CT molecular complexity index is 2620. The van der Waals surface area contributed by atoms with Gasteiger partial charge >= 0.3 is 0 Å². The number of fused-ring (bicyclic) bond motifs is 3. The Kier molecular flexibility index (Phi) is 10.2. The third-order valence-electron chi connectivity index (χ3n) is 10.5. The summed E-state index contributed by atoms with van der Waals surface area (Å²) in [4.78, 5) is 0. The van der Waals surface area contributed by atoms with Crippen LogP contribution in [0.2, 0.25) is 0 Å². The van der Waals surface area contributed by atoms with Crippen LogP contribution in [0.25, 0.3) is 60.9 Å². The van der Waals surface area contributed by atoms with Gasteiger partial charge in [-0.3, -0.25) is 10.8 Å². The van der Waals surface area contributed by atoms with Crippen molar-refractivity contribution in [2.45, 2.75) is 40.5 Å². The van der Waals surface area contributed by atoms with Crippen LogP contribution in [0.15, 0.2) is 164 Å². The van der Waals surface area contributed by atoms with Gasteiger partial charge in [-0.1, -0.05) is 131 Å². The summed E-state index contributed by atoms with van der Waals surface area (Å²) in [6.45, 7) is 9.15. The molecular formula is C52H47N3O. The fraction of sp³-hybridized carbons (Fsp3) is 0.154. The summed E-state index contributed by atoms with van der Waals surface area (Å²) in [6.07, 6.45) is 2.13. The van der Waals surface area contributed by atoms with Crippen LogP contribution in [0.4, 0.5) is 0 Å². The number of nitrogens with zero attached hydrogens (tertiary/aromatic N) is 1. The molecule has 7 aromatic carbocycles. The molecular weight excluding hydrogens is 683 g/mol. The number of rotatable bonds is 10. The number of hydrogen-bond acceptors (Lipinski definition) is 3. The molecule has 0 spiro atoms. The smallest absolute Gasteiger partial charge is 0.221 e. The zero-order chi connectivity index (χ0) is 38.8. The minimum Gasteiger partial charge on any atom is -0.421 e. The van der Waals surface area contributed by atoms with E-state index in [1.54, 1.807) is 12.1 Å². The van der Waals surface area contributed by atoms with E-state index in [1.165, 1.54) is 32.9 Å². The Balaban J connectivity index is 1.12. The third-order valence-corrected chi connectivity index (χ3v) is 10.5. The predicted octanol–water partition coefficient (Wildman–Crippen LogP) is 13.5. The van der Waals surface area contributed by atoms with Gasteiger partial charge in [0.1, 0.15) is 0 Å². The van der Waals surface area contributed by atoms with Crippen molar-refractivity contribution >= 4 is 33.6 Å². The molecule has 0 saturated carbocycles. The summed E-state index contributed by atoms with van der Waals surface area (Å²) < 4.78 is 8.02. The molecule has 1 heterocycles. The zero-order valence-corrected chi connectivity index (χ0v) is 32.5. The maximum Gasteiger partial charge on any atom is 0.221 e. The molecule has 8 aromatic rings. The minimum atomic E-state index is -0.0554. The molecule has 8 rings (SSSR count). The lowest BCUT2D eigenvalue weighted by molar-refractivity contribution is 0.538. The minimum absolute atomic E-state index is 0.0453. The summed E-state index contributed by atoms with van der Waals surface area (Å²) in [7, 11) is 0. The van der Waals surface area contributed by atoms with E-state index < -0.39 is 0 Å². The Morgan fingerprint density at radius 1 is 0.464 bits per heavy atom. The second kappa shape index (κ2) is 15.7. The second-order valence-corrected chi connectivity index (χ2v) is 15.6. The molecule has 4 heteroatoms. The van der Waals surface area contributed by atoms with Gasteiger partial charge in [0.2, 0.25) is 11.8 Å². The van der Waals surface area contributed by atoms with Gasteiger partial charge in [-0.05, 0) is 130 Å². The Labute approximate surface area is 330 Å². The highest BCUT2D eigenvalue weighted by atomic mass is 16.5. The van der Waals surface area contributed by atoms with Crippen LogP contribution in [0.1, 0.15) is 49.9 Å². The first kappa shape index (κ1) is 36.5. The fourth-order valence-corrected chi connectivity index (χ4v) is 7.93. The summed E-state index contributed by atoms with van der Waals surface area (Å²) in [5.41, 5.74) is 14.4. The van der Waals surface area contributed by atoms with E-state index in [0.29, 0.717) is 23.0 Å². The number of aromatic nitrogens is 1. The first-order chi connectivity index (χ1) is 27.2. The monoisotopic (exact) mass is 729 g/mol. The van der Waals surface area contributed by atoms with Crippen LogP contribution in [-0.4, -0.2) is 16.4 Å². The highest BCUT2D eigenvalue weighted by Gasteiger charge is 2.17. The predicted molar refractivity (Wildman–Crippen MR) is 235 cm³/mol. The Hall–Kier alpha value is -6.52. The van der Waals surface area contributed by atoms with Gasteiger partial charge in [0.25, 0.3) is 0 Å². The molecule has 0 saturated heterocycles. The maximum absolute atomic E-state index is 8.52. The van der Waals surface area contributed by atoms with Crippen LogP contribution in [0.5, 0.6) is 0 Å². The highest BCUT2D eigenvalue weighted by molar-refractivity contribution is 6.10. The normalized spacial score (nSPS) is 11.5. The van der Waals surface area contributed by atoms with Gasteiger partial charge in [0.15, 0.2) is 0 Å². The van der Waals surface area contributed by atoms with Gasteiger partial charge < -0.3 is 9.30 Å². The Morgan fingerprint density at radius 3 is 1.34 bits per heavy atom. The van der Waals surface area contributed by atoms with Crippen molar-refractivity contribution in [1.29, 1.82) is 10.8 Å². The lowest BCUT2D eigenvalue weighted by Gasteiger charge is -2.16. The van der Waals surface area contributed by atoms with Crippen molar-refractivity contribution in [3.8, 4) is 39.1 Å². The van der Waals surface area contributed by atoms with E-state index in [2.05, 4.69) is 141 Å². The number of nitrogens with one attached hydrogen (secondary N) is 2. The number of hydrogen-bond donors (Lipinski definition) is 2. The second-order valence-electron chi connectivity index (χ2n) is 15.6. The van der Waals surface area contributed by atoms with Crippen molar-refractivity contribution in [3.63, 3.8) is 0 Å². The molecule has 1 aromatic heterocycles. The topological polar surface area (TPSA) is 61.9 Å². The third kappa shape index (κ3) is 7.43. The van der Waals surface area contributed by atoms with Crippen molar-refractivity contribution in [1.82, 2.24) is 4.57 Å². The van der Waals surface area contributed by atoms with Gasteiger partial charge in [-0.15, -0.1) is 0 Å². The molecule has 0 radical (unpaired) electrons. The van der Waals surface area contributed by atoms with Gasteiger partial charge in [-0.2, -0.15) is 0 Å². The van der Waals surface area contributed by atoms with Gasteiger partial charge in [0.05, 0.1) is 11.0 Å². The molecule has 276 valence electrons. The molecule has 0 bridgehead atoms. The highest BCUT2D eigenvalue weighted by Crippen LogP contribution is 2.39. The van der Waals surface area contributed by atoms with Crippen LogP contribution >= 0.6 is 0 Å². The van der Waals surface area contributed by atoms with E-state index in [1.807, 2.05) is 42.5 Å². The molecule has 0 atom stereocenters. The molecule has 56 heavy (non-hydrogen) atoms. The Morgan fingerprint density at radius 2 is 0.875 bits per heavy atom. The molecule has 0 unspecified atom stereocenters. The van der Waals surface area contributed by atoms with E-state index in [9.17, 15) is 0 Å². The van der Waals surface area contributed by atoms with Crippen LogP contribution in [0, 0.1) is 22.7 Å². The van der Waals surface area contributed by atoms with Gasteiger partial charge in [0, 0.05) is 27.6 Å². The summed E-state index contributed by atoms with van der Waals surface area (Å²) in [5, 5.41) is 19.5. The lowest BCUT2D eigenvalue weighted by Crippen LogP contribution is -2.12. The zero-order valence-electron chi connectivity index (χ0n) is 32.5. The molecule has 2 N–H and O–H groups in total. The average Bonchev–Trinajstić information content (AvgIpc) is 3.53. The van der Waals surface area contributed by atoms with Crippen molar-refractivity contribution in [2.24, 2.45) is 11.8 Å². The molecule has 0 aliphatic carbocycles. The summed E-state index contributed by atoms with van der Waals surface area (Å²) in [5.74, 6) is 1.10. The fourth-order valence-electron chi connectivity index (χ4n) is 7.93. The molecule has 0 aliphatic rings. The van der Waals surface area contributed by atoms with E-state index in [-0.39, 0.29) is 11.8 Å². The van der Waals surface area contributed by atoms with Crippen LogP contribution in [-0.2, 0) is 17.6 Å². The first-order valence-electron chi connectivity index (χ1n) is 19.6. The standard InChI is InChI=1S/C52H47N3O/c1-34(2)30-36-18-28-49-47(32-36)48-33-37(31-35(3)4)19-29-50(48)55(49)42-26-24-39(25-27-42)44-15-9-11-17-46(44)45-16-10-8-14-43(45)38-20-22-41(23-21-38)52(54)56-51(53)40-12-6-5-7-13-40/h5-29,32-35,53-54H,30-31H2,1-4H3. The quantitative estimate of drug-likeness (QED) is 0.107. The molecule has 0 fully saturated rings. The summed E-state index contributed by atoms with van der Waals surface area (Å²) >= 11 is 0. The maximum atomic E-state index is 8.52. The molecule has 0 aliphatic heterocycles. The van der Waals surface area contributed by atoms with Crippen LogP contribution < -0.4 is 0 Å². The lowest BCUT2D eigenvalue weighted by atomic mass is 9.89. The molecule has 0 amide bonds.